The average Bonchev–Trinajstić information content (AvgIpc) is 2.58. The number of benzene rings is 2. The standard InChI is InChI=1S/C17H11F2N3O2/c18-14-6-2-5-13(15(14)19)17(24)22-11-8-20-16(21-9-11)10-3-1-4-12(23)7-10/h1-9,23H,(H,22,24). The zero-order chi connectivity index (χ0) is 17.1. The molecule has 0 atom stereocenters. The van der Waals surface area contributed by atoms with Crippen molar-refractivity contribution >= 4 is 11.6 Å². The molecule has 0 spiro atoms. The van der Waals surface area contributed by atoms with E-state index in [0.717, 1.165) is 6.07 Å². The Morgan fingerprint density at radius 2 is 1.75 bits per heavy atom. The Balaban J connectivity index is 1.79. The largest absolute Gasteiger partial charge is 0.508 e. The van der Waals surface area contributed by atoms with Crippen molar-refractivity contribution in [3.05, 3.63) is 72.1 Å². The highest BCUT2D eigenvalue weighted by molar-refractivity contribution is 6.04. The van der Waals surface area contributed by atoms with E-state index in [2.05, 4.69) is 15.3 Å². The van der Waals surface area contributed by atoms with Crippen molar-refractivity contribution in [1.82, 2.24) is 9.97 Å². The van der Waals surface area contributed by atoms with Crippen LogP contribution in [-0.4, -0.2) is 21.0 Å². The Morgan fingerprint density at radius 3 is 2.46 bits per heavy atom. The number of nitrogens with one attached hydrogen (secondary N) is 1. The lowest BCUT2D eigenvalue weighted by atomic mass is 10.2. The molecule has 0 bridgehead atoms. The van der Waals surface area contributed by atoms with Crippen LogP contribution in [-0.2, 0) is 0 Å². The Morgan fingerprint density at radius 1 is 1.04 bits per heavy atom. The molecule has 2 N–H and O–H groups in total. The van der Waals surface area contributed by atoms with Gasteiger partial charge in [-0.25, -0.2) is 18.7 Å². The van der Waals surface area contributed by atoms with Gasteiger partial charge in [0.05, 0.1) is 23.6 Å². The van der Waals surface area contributed by atoms with Gasteiger partial charge in [-0.15, -0.1) is 0 Å². The van der Waals surface area contributed by atoms with E-state index in [4.69, 9.17) is 0 Å². The minimum absolute atomic E-state index is 0.0788. The van der Waals surface area contributed by atoms with Crippen LogP contribution in [0.5, 0.6) is 5.75 Å². The van der Waals surface area contributed by atoms with Crippen molar-refractivity contribution in [1.29, 1.82) is 0 Å². The molecule has 120 valence electrons. The van der Waals surface area contributed by atoms with Crippen molar-refractivity contribution in [3.8, 4) is 17.1 Å². The lowest BCUT2D eigenvalue weighted by Gasteiger charge is -2.07. The second-order valence-corrected chi connectivity index (χ2v) is 4.90. The zero-order valence-corrected chi connectivity index (χ0v) is 12.2. The summed E-state index contributed by atoms with van der Waals surface area (Å²) in [4.78, 5) is 20.1. The molecule has 3 rings (SSSR count). The highest BCUT2D eigenvalue weighted by Crippen LogP contribution is 2.20. The lowest BCUT2D eigenvalue weighted by molar-refractivity contribution is 0.102. The topological polar surface area (TPSA) is 75.1 Å². The van der Waals surface area contributed by atoms with Crippen LogP contribution >= 0.6 is 0 Å². The number of carbonyl (C=O) groups is 1. The molecule has 7 heteroatoms. The quantitative estimate of drug-likeness (QED) is 0.773. The van der Waals surface area contributed by atoms with Gasteiger partial charge < -0.3 is 10.4 Å². The number of hydrogen-bond acceptors (Lipinski definition) is 4. The first-order valence-corrected chi connectivity index (χ1v) is 6.91. The molecular weight excluding hydrogens is 316 g/mol. The van der Waals surface area contributed by atoms with Gasteiger partial charge in [-0.05, 0) is 24.3 Å². The first-order valence-electron chi connectivity index (χ1n) is 6.91. The van der Waals surface area contributed by atoms with Crippen molar-refractivity contribution in [2.24, 2.45) is 0 Å². The molecule has 0 unspecified atom stereocenters. The van der Waals surface area contributed by atoms with Crippen molar-refractivity contribution in [3.63, 3.8) is 0 Å². The number of amides is 1. The number of carbonyl (C=O) groups excluding carboxylic acids is 1. The maximum Gasteiger partial charge on any atom is 0.258 e. The van der Waals surface area contributed by atoms with E-state index >= 15 is 0 Å². The van der Waals surface area contributed by atoms with E-state index in [-0.39, 0.29) is 11.4 Å². The maximum atomic E-state index is 13.6. The number of nitrogens with zero attached hydrogens (tertiary/aromatic N) is 2. The van der Waals surface area contributed by atoms with E-state index in [1.165, 1.54) is 36.7 Å². The Labute approximate surface area is 135 Å². The minimum atomic E-state index is -1.22. The number of hydrogen-bond donors (Lipinski definition) is 2. The molecule has 0 radical (unpaired) electrons. The van der Waals surface area contributed by atoms with Gasteiger partial charge in [-0.3, -0.25) is 4.79 Å². The van der Waals surface area contributed by atoms with Crippen molar-refractivity contribution in [2.75, 3.05) is 5.32 Å². The Kier molecular flexibility index (Phi) is 4.15. The van der Waals surface area contributed by atoms with E-state index in [1.807, 2.05) is 0 Å². The molecule has 2 aromatic carbocycles. The van der Waals surface area contributed by atoms with Crippen LogP contribution in [0.3, 0.4) is 0 Å². The van der Waals surface area contributed by atoms with Crippen LogP contribution < -0.4 is 5.32 Å². The average molecular weight is 327 g/mol. The number of aromatic nitrogens is 2. The fourth-order valence-corrected chi connectivity index (χ4v) is 2.06. The second kappa shape index (κ2) is 6.41. The van der Waals surface area contributed by atoms with Crippen LogP contribution in [0.15, 0.2) is 54.9 Å². The Hall–Kier alpha value is -3.35. The Bertz CT molecular complexity index is 899. The molecule has 5 nitrogen and oxygen atoms in total. The van der Waals surface area contributed by atoms with Gasteiger partial charge in [-0.1, -0.05) is 18.2 Å². The normalized spacial score (nSPS) is 10.4. The van der Waals surface area contributed by atoms with Crippen LogP contribution in [0.2, 0.25) is 0 Å². The fraction of sp³-hybridized carbons (Fsp3) is 0. The summed E-state index contributed by atoms with van der Waals surface area (Å²) in [7, 11) is 0. The highest BCUT2D eigenvalue weighted by Gasteiger charge is 2.15. The third-order valence-corrected chi connectivity index (χ3v) is 3.21. The van der Waals surface area contributed by atoms with Crippen LogP contribution in [0.4, 0.5) is 14.5 Å². The summed E-state index contributed by atoms with van der Waals surface area (Å²) in [6.45, 7) is 0. The first kappa shape index (κ1) is 15.5. The molecule has 0 fully saturated rings. The van der Waals surface area contributed by atoms with Gasteiger partial charge in [-0.2, -0.15) is 0 Å². The van der Waals surface area contributed by atoms with Crippen molar-refractivity contribution < 1.29 is 18.7 Å². The number of phenols is 1. The number of aromatic hydroxyl groups is 1. The summed E-state index contributed by atoms with van der Waals surface area (Å²) in [6, 6.07) is 9.73. The number of anilines is 1. The van der Waals surface area contributed by atoms with Gasteiger partial charge in [0, 0.05) is 5.56 Å². The minimum Gasteiger partial charge on any atom is -0.508 e. The molecule has 1 aromatic heterocycles. The molecule has 0 saturated carbocycles. The molecule has 0 aliphatic carbocycles. The predicted molar refractivity (Wildman–Crippen MR) is 83.4 cm³/mol. The first-order chi connectivity index (χ1) is 11.5. The van der Waals surface area contributed by atoms with E-state index < -0.39 is 23.1 Å². The number of rotatable bonds is 3. The summed E-state index contributed by atoms with van der Waals surface area (Å²) in [5, 5.41) is 11.8. The van der Waals surface area contributed by atoms with Gasteiger partial charge in [0.2, 0.25) is 0 Å². The van der Waals surface area contributed by atoms with Gasteiger partial charge >= 0.3 is 0 Å². The third kappa shape index (κ3) is 3.19. The maximum absolute atomic E-state index is 13.6. The zero-order valence-electron chi connectivity index (χ0n) is 12.2. The van der Waals surface area contributed by atoms with Crippen LogP contribution in [0.25, 0.3) is 11.4 Å². The van der Waals surface area contributed by atoms with Gasteiger partial charge in [0.25, 0.3) is 5.91 Å². The molecule has 0 saturated heterocycles. The number of halogens is 2. The second-order valence-electron chi connectivity index (χ2n) is 4.90. The molecule has 1 amide bonds. The van der Waals surface area contributed by atoms with E-state index in [1.54, 1.807) is 12.1 Å². The van der Waals surface area contributed by atoms with E-state index in [9.17, 15) is 18.7 Å². The molecule has 1 heterocycles. The fourth-order valence-electron chi connectivity index (χ4n) is 2.06. The SMILES string of the molecule is O=C(Nc1cnc(-c2cccc(O)c2)nc1)c1cccc(F)c1F. The smallest absolute Gasteiger partial charge is 0.258 e. The monoisotopic (exact) mass is 327 g/mol. The highest BCUT2D eigenvalue weighted by atomic mass is 19.2. The molecule has 3 aromatic rings. The van der Waals surface area contributed by atoms with Crippen LogP contribution in [0, 0.1) is 11.6 Å². The van der Waals surface area contributed by atoms with E-state index in [0.29, 0.717) is 11.4 Å². The summed E-state index contributed by atoms with van der Waals surface area (Å²) in [5.74, 6) is -2.69. The summed E-state index contributed by atoms with van der Waals surface area (Å²) >= 11 is 0. The molecule has 0 aliphatic heterocycles. The van der Waals surface area contributed by atoms with Gasteiger partial charge in [0.15, 0.2) is 17.5 Å². The summed E-state index contributed by atoms with van der Waals surface area (Å²) in [5.41, 5.74) is 0.420. The molecular formula is C17H11F2N3O2. The summed E-state index contributed by atoms with van der Waals surface area (Å²) in [6.07, 6.45) is 2.67. The third-order valence-electron chi connectivity index (χ3n) is 3.21. The number of phenolic OH excluding ortho intramolecular Hbond substituents is 1. The predicted octanol–water partition coefficient (Wildman–Crippen LogP) is 3.38. The van der Waals surface area contributed by atoms with Gasteiger partial charge in [0.1, 0.15) is 5.75 Å². The van der Waals surface area contributed by atoms with Crippen LogP contribution in [0.1, 0.15) is 10.4 Å². The molecule has 0 aliphatic rings. The summed E-state index contributed by atoms with van der Waals surface area (Å²) < 4.78 is 26.7. The van der Waals surface area contributed by atoms with Crippen molar-refractivity contribution in [2.45, 2.75) is 0 Å². The lowest BCUT2D eigenvalue weighted by Crippen LogP contribution is -2.15. The molecule has 24 heavy (non-hydrogen) atoms.